The second kappa shape index (κ2) is 5.12. The molecule has 2 N–H and O–H groups in total. The lowest BCUT2D eigenvalue weighted by Gasteiger charge is -2.32. The first-order chi connectivity index (χ1) is 7.77. The van der Waals surface area contributed by atoms with Crippen LogP contribution in [0.25, 0.3) is 0 Å². The number of nitrogens with one attached hydrogen (secondary N) is 2. The minimum Gasteiger partial charge on any atom is -0.364 e. The Hall–Kier alpha value is -1.36. The van der Waals surface area contributed by atoms with Crippen LogP contribution in [0.1, 0.15) is 19.3 Å². The highest BCUT2D eigenvalue weighted by Gasteiger charge is 2.18. The summed E-state index contributed by atoms with van der Waals surface area (Å²) in [7, 11) is 2.13. The normalized spacial score (nSPS) is 21.9. The van der Waals surface area contributed by atoms with Gasteiger partial charge in [0.1, 0.15) is 0 Å². The van der Waals surface area contributed by atoms with Gasteiger partial charge in [0.15, 0.2) is 5.82 Å². The summed E-state index contributed by atoms with van der Waals surface area (Å²) in [6.07, 6.45) is 6.87. The Morgan fingerprint density at radius 2 is 2.50 bits per heavy atom. The molecule has 1 fully saturated rings. The van der Waals surface area contributed by atoms with Crippen molar-refractivity contribution in [3.05, 3.63) is 22.7 Å². The number of aromatic nitrogens is 2. The van der Waals surface area contributed by atoms with Crippen molar-refractivity contribution in [2.24, 2.45) is 0 Å². The number of hydrogen-bond donors (Lipinski definition) is 2. The van der Waals surface area contributed by atoms with Gasteiger partial charge in [-0.3, -0.25) is 4.79 Å². The van der Waals surface area contributed by atoms with E-state index in [1.807, 2.05) is 0 Å². The number of aromatic amines is 1. The highest BCUT2D eigenvalue weighted by molar-refractivity contribution is 5.30. The van der Waals surface area contributed by atoms with E-state index in [0.717, 1.165) is 13.1 Å². The van der Waals surface area contributed by atoms with Crippen molar-refractivity contribution in [3.8, 4) is 0 Å². The summed E-state index contributed by atoms with van der Waals surface area (Å²) in [6, 6.07) is 0.509. The van der Waals surface area contributed by atoms with Crippen LogP contribution in [-0.4, -0.2) is 41.0 Å². The number of nitrogens with zero attached hydrogens (tertiary/aromatic N) is 2. The van der Waals surface area contributed by atoms with Gasteiger partial charge in [0.25, 0.3) is 5.56 Å². The van der Waals surface area contributed by atoms with Gasteiger partial charge in [-0.25, -0.2) is 4.98 Å². The second-order valence-electron chi connectivity index (χ2n) is 4.28. The fourth-order valence-corrected chi connectivity index (χ4v) is 2.09. The minimum atomic E-state index is -0.152. The zero-order chi connectivity index (χ0) is 11.4. The quantitative estimate of drug-likeness (QED) is 0.789. The highest BCUT2D eigenvalue weighted by atomic mass is 16.1. The minimum absolute atomic E-state index is 0.152. The first kappa shape index (κ1) is 11.1. The highest BCUT2D eigenvalue weighted by Crippen LogP contribution is 2.14. The Kier molecular flexibility index (Phi) is 3.56. The predicted octanol–water partition coefficient (Wildman–Crippen LogP) is 0.666. The molecule has 0 radical (unpaired) electrons. The summed E-state index contributed by atoms with van der Waals surface area (Å²) in [4.78, 5) is 20.3. The number of likely N-dealkylation sites (tertiary alicyclic amines) is 1. The number of rotatable bonds is 3. The molecule has 1 aromatic heterocycles. The predicted molar refractivity (Wildman–Crippen MR) is 63.6 cm³/mol. The van der Waals surface area contributed by atoms with Crippen LogP contribution in [-0.2, 0) is 0 Å². The van der Waals surface area contributed by atoms with Gasteiger partial charge in [0.2, 0.25) is 0 Å². The van der Waals surface area contributed by atoms with Crippen molar-refractivity contribution in [2.75, 3.05) is 25.5 Å². The average molecular weight is 222 g/mol. The van der Waals surface area contributed by atoms with Crippen LogP contribution in [0.5, 0.6) is 0 Å². The molecule has 0 bridgehead atoms. The number of anilines is 1. The monoisotopic (exact) mass is 222 g/mol. The SMILES string of the molecule is CN1CCCCC1CNc1ncc[nH]c1=O. The lowest BCUT2D eigenvalue weighted by molar-refractivity contribution is 0.194. The van der Waals surface area contributed by atoms with Crippen LogP contribution >= 0.6 is 0 Å². The van der Waals surface area contributed by atoms with Crippen molar-refractivity contribution >= 4 is 5.82 Å². The van der Waals surface area contributed by atoms with Gasteiger partial charge in [-0.15, -0.1) is 0 Å². The third-order valence-corrected chi connectivity index (χ3v) is 3.13. The molecule has 1 aliphatic rings. The molecule has 16 heavy (non-hydrogen) atoms. The van der Waals surface area contributed by atoms with E-state index in [-0.39, 0.29) is 5.56 Å². The van der Waals surface area contributed by atoms with Crippen LogP contribution in [0, 0.1) is 0 Å². The fraction of sp³-hybridized carbons (Fsp3) is 0.636. The zero-order valence-corrected chi connectivity index (χ0v) is 9.57. The van der Waals surface area contributed by atoms with Crippen molar-refractivity contribution in [1.82, 2.24) is 14.9 Å². The number of piperidine rings is 1. The van der Waals surface area contributed by atoms with Crippen molar-refractivity contribution < 1.29 is 0 Å². The Morgan fingerprint density at radius 3 is 3.25 bits per heavy atom. The Bertz CT molecular complexity index is 390. The van der Waals surface area contributed by atoms with Crippen LogP contribution in [0.3, 0.4) is 0 Å². The fourth-order valence-electron chi connectivity index (χ4n) is 2.09. The molecule has 1 saturated heterocycles. The molecule has 88 valence electrons. The molecule has 2 rings (SSSR count). The molecule has 0 aromatic carbocycles. The maximum absolute atomic E-state index is 11.4. The van der Waals surface area contributed by atoms with Crippen molar-refractivity contribution in [3.63, 3.8) is 0 Å². The molecule has 0 aliphatic carbocycles. The van der Waals surface area contributed by atoms with Gasteiger partial charge in [-0.05, 0) is 26.4 Å². The number of likely N-dealkylation sites (N-methyl/N-ethyl adjacent to an activating group) is 1. The molecule has 1 unspecified atom stereocenters. The van der Waals surface area contributed by atoms with E-state index in [1.54, 1.807) is 12.4 Å². The first-order valence-electron chi connectivity index (χ1n) is 5.75. The molecular weight excluding hydrogens is 204 g/mol. The first-order valence-corrected chi connectivity index (χ1v) is 5.75. The second-order valence-corrected chi connectivity index (χ2v) is 4.28. The van der Waals surface area contributed by atoms with E-state index in [0.29, 0.717) is 11.9 Å². The lowest BCUT2D eigenvalue weighted by Crippen LogP contribution is -2.41. The van der Waals surface area contributed by atoms with E-state index in [9.17, 15) is 4.79 Å². The van der Waals surface area contributed by atoms with Crippen LogP contribution in [0.2, 0.25) is 0 Å². The van der Waals surface area contributed by atoms with E-state index >= 15 is 0 Å². The maximum atomic E-state index is 11.4. The van der Waals surface area contributed by atoms with E-state index < -0.39 is 0 Å². The van der Waals surface area contributed by atoms with Crippen LogP contribution < -0.4 is 10.9 Å². The molecule has 0 saturated carbocycles. The molecule has 0 spiro atoms. The van der Waals surface area contributed by atoms with Gasteiger partial charge in [-0.2, -0.15) is 0 Å². The number of H-pyrrole nitrogens is 1. The summed E-state index contributed by atoms with van der Waals surface area (Å²) in [5, 5.41) is 3.12. The summed E-state index contributed by atoms with van der Waals surface area (Å²) in [6.45, 7) is 1.93. The van der Waals surface area contributed by atoms with Gasteiger partial charge < -0.3 is 15.2 Å². The molecule has 0 amide bonds. The lowest BCUT2D eigenvalue weighted by atomic mass is 10.0. The zero-order valence-electron chi connectivity index (χ0n) is 9.57. The number of hydrogen-bond acceptors (Lipinski definition) is 4. The average Bonchev–Trinajstić information content (AvgIpc) is 2.30. The van der Waals surface area contributed by atoms with Gasteiger partial charge in [0.05, 0.1) is 0 Å². The molecule has 2 heterocycles. The molecular formula is C11H18N4O. The summed E-state index contributed by atoms with van der Waals surface area (Å²) < 4.78 is 0. The van der Waals surface area contributed by atoms with Gasteiger partial charge in [0, 0.05) is 25.0 Å². The Balaban J connectivity index is 1.92. The summed E-state index contributed by atoms with van der Waals surface area (Å²) >= 11 is 0. The summed E-state index contributed by atoms with van der Waals surface area (Å²) in [5.74, 6) is 0.418. The van der Waals surface area contributed by atoms with Crippen molar-refractivity contribution in [1.29, 1.82) is 0 Å². The van der Waals surface area contributed by atoms with Crippen LogP contribution in [0.15, 0.2) is 17.2 Å². The third kappa shape index (κ3) is 2.61. The van der Waals surface area contributed by atoms with E-state index in [1.165, 1.54) is 19.3 Å². The van der Waals surface area contributed by atoms with Crippen molar-refractivity contribution in [2.45, 2.75) is 25.3 Å². The smallest absolute Gasteiger partial charge is 0.290 e. The Morgan fingerprint density at radius 1 is 1.62 bits per heavy atom. The molecule has 1 aliphatic heterocycles. The largest absolute Gasteiger partial charge is 0.364 e. The molecule has 5 nitrogen and oxygen atoms in total. The van der Waals surface area contributed by atoms with Crippen LogP contribution in [0.4, 0.5) is 5.82 Å². The van der Waals surface area contributed by atoms with Gasteiger partial charge >= 0.3 is 0 Å². The molecule has 5 heteroatoms. The molecule has 1 aromatic rings. The Labute approximate surface area is 94.9 Å². The van der Waals surface area contributed by atoms with E-state index in [2.05, 4.69) is 27.2 Å². The van der Waals surface area contributed by atoms with E-state index in [4.69, 9.17) is 0 Å². The standard InChI is InChI=1S/C11H18N4O/c1-15-7-3-2-4-9(15)8-14-10-11(16)13-6-5-12-10/h5-6,9H,2-4,7-8H2,1H3,(H,12,14)(H,13,16). The third-order valence-electron chi connectivity index (χ3n) is 3.13. The summed E-state index contributed by atoms with van der Waals surface area (Å²) in [5.41, 5.74) is -0.152. The topological polar surface area (TPSA) is 61.0 Å². The molecule has 1 atom stereocenters. The van der Waals surface area contributed by atoms with Gasteiger partial charge in [-0.1, -0.05) is 6.42 Å². The maximum Gasteiger partial charge on any atom is 0.290 e.